The van der Waals surface area contributed by atoms with E-state index in [1.54, 1.807) is 32.4 Å². The molecule has 0 amide bonds. The highest BCUT2D eigenvalue weighted by atomic mass is 16.4. The lowest BCUT2D eigenvalue weighted by molar-refractivity contribution is 0.0385. The van der Waals surface area contributed by atoms with Crippen LogP contribution in [0.3, 0.4) is 0 Å². The van der Waals surface area contributed by atoms with Crippen LogP contribution in [0.4, 0.5) is 0 Å². The number of rotatable bonds is 4. The van der Waals surface area contributed by atoms with Gasteiger partial charge in [0.1, 0.15) is 11.4 Å². The van der Waals surface area contributed by atoms with Gasteiger partial charge < -0.3 is 20.2 Å². The molecule has 1 aliphatic carbocycles. The summed E-state index contributed by atoms with van der Waals surface area (Å²) < 4.78 is 5.27. The molecule has 2 rings (SSSR count). The van der Waals surface area contributed by atoms with Gasteiger partial charge in [0.05, 0.1) is 12.8 Å². The van der Waals surface area contributed by atoms with Crippen LogP contribution in [0.5, 0.6) is 0 Å². The summed E-state index contributed by atoms with van der Waals surface area (Å²) in [7, 11) is 1.74. The fourth-order valence-corrected chi connectivity index (χ4v) is 2.82. The van der Waals surface area contributed by atoms with Crippen LogP contribution in [0, 0.1) is 10.8 Å². The summed E-state index contributed by atoms with van der Waals surface area (Å²) in [6.45, 7) is 11.0. The molecular weight excluding hydrogens is 266 g/mol. The molecule has 0 radical (unpaired) electrons. The predicted molar refractivity (Wildman–Crippen MR) is 84.1 cm³/mol. The highest BCUT2D eigenvalue weighted by Crippen LogP contribution is 2.62. The Kier molecular flexibility index (Phi) is 3.82. The summed E-state index contributed by atoms with van der Waals surface area (Å²) in [5, 5.41) is 17.0. The van der Waals surface area contributed by atoms with E-state index < -0.39 is 5.60 Å². The topological polar surface area (TPSA) is 69.8 Å². The molecule has 1 unspecified atom stereocenters. The molecule has 0 spiro atoms. The van der Waals surface area contributed by atoms with Gasteiger partial charge in [-0.15, -0.1) is 0 Å². The third-order valence-corrected chi connectivity index (χ3v) is 5.18. The quantitative estimate of drug-likeness (QED) is 0.587. The van der Waals surface area contributed by atoms with Gasteiger partial charge in [-0.2, -0.15) is 0 Å². The van der Waals surface area contributed by atoms with Gasteiger partial charge in [0.15, 0.2) is 5.96 Å². The van der Waals surface area contributed by atoms with Crippen LogP contribution < -0.4 is 10.6 Å². The molecule has 118 valence electrons. The number of aliphatic hydroxyl groups is 1. The highest BCUT2D eigenvalue weighted by Gasteiger charge is 2.65. The van der Waals surface area contributed by atoms with Crippen molar-refractivity contribution in [3.05, 3.63) is 24.2 Å². The van der Waals surface area contributed by atoms with E-state index in [0.717, 1.165) is 0 Å². The first kappa shape index (κ1) is 15.9. The average molecular weight is 293 g/mol. The SMILES string of the molecule is CN=C(NCC(C)(O)c1ccco1)NC1C(C)(C)C1(C)C. The molecular formula is C16H27N3O2. The summed E-state index contributed by atoms with van der Waals surface area (Å²) >= 11 is 0. The van der Waals surface area contributed by atoms with Crippen LogP contribution in [0.1, 0.15) is 40.4 Å². The number of nitrogens with zero attached hydrogens (tertiary/aromatic N) is 1. The molecule has 1 saturated carbocycles. The summed E-state index contributed by atoms with van der Waals surface area (Å²) in [6.07, 6.45) is 1.56. The van der Waals surface area contributed by atoms with Crippen molar-refractivity contribution in [3.63, 3.8) is 0 Å². The van der Waals surface area contributed by atoms with Gasteiger partial charge in [-0.3, -0.25) is 4.99 Å². The minimum absolute atomic E-state index is 0.230. The zero-order valence-corrected chi connectivity index (χ0v) is 13.8. The molecule has 1 aliphatic rings. The summed E-state index contributed by atoms with van der Waals surface area (Å²) in [5.74, 6) is 1.24. The molecule has 1 atom stereocenters. The fraction of sp³-hybridized carbons (Fsp3) is 0.688. The van der Waals surface area contributed by atoms with Gasteiger partial charge in [-0.25, -0.2) is 0 Å². The Morgan fingerprint density at radius 3 is 2.43 bits per heavy atom. The van der Waals surface area contributed by atoms with E-state index >= 15 is 0 Å². The maximum Gasteiger partial charge on any atom is 0.191 e. The fourth-order valence-electron chi connectivity index (χ4n) is 2.82. The number of furan rings is 1. The number of aliphatic imine (C=N–C) groups is 1. The van der Waals surface area contributed by atoms with Gasteiger partial charge in [0, 0.05) is 13.1 Å². The molecule has 0 saturated heterocycles. The predicted octanol–water partition coefficient (Wildman–Crippen LogP) is 2.09. The van der Waals surface area contributed by atoms with Gasteiger partial charge >= 0.3 is 0 Å². The second kappa shape index (κ2) is 5.05. The minimum atomic E-state index is -1.07. The second-order valence-corrected chi connectivity index (χ2v) is 7.20. The summed E-state index contributed by atoms with van der Waals surface area (Å²) in [6, 6.07) is 3.90. The van der Waals surface area contributed by atoms with Crippen LogP contribution in [0.25, 0.3) is 0 Å². The Labute approximate surface area is 126 Å². The van der Waals surface area contributed by atoms with Crippen molar-refractivity contribution in [2.24, 2.45) is 15.8 Å². The Balaban J connectivity index is 1.93. The van der Waals surface area contributed by atoms with Crippen molar-refractivity contribution < 1.29 is 9.52 Å². The molecule has 1 heterocycles. The van der Waals surface area contributed by atoms with Crippen LogP contribution >= 0.6 is 0 Å². The molecule has 1 fully saturated rings. The van der Waals surface area contributed by atoms with Crippen LogP contribution in [-0.4, -0.2) is 30.7 Å². The minimum Gasteiger partial charge on any atom is -0.466 e. The first-order chi connectivity index (χ1) is 9.63. The van der Waals surface area contributed by atoms with Crippen LogP contribution in [0.15, 0.2) is 27.8 Å². The van der Waals surface area contributed by atoms with Gasteiger partial charge in [0.2, 0.25) is 0 Å². The first-order valence-electron chi connectivity index (χ1n) is 7.36. The Morgan fingerprint density at radius 1 is 1.38 bits per heavy atom. The van der Waals surface area contributed by atoms with Gasteiger partial charge in [0.25, 0.3) is 0 Å². The largest absolute Gasteiger partial charge is 0.466 e. The monoisotopic (exact) mass is 293 g/mol. The standard InChI is InChI=1S/C16H27N3O2/c1-14(2)12(15(14,3)4)19-13(17-6)18-10-16(5,20)11-8-7-9-21-11/h7-9,12,20H,10H2,1-6H3,(H2,17,18,19). The Morgan fingerprint density at radius 2 is 2.00 bits per heavy atom. The number of hydrogen-bond donors (Lipinski definition) is 3. The molecule has 1 aromatic heterocycles. The lowest BCUT2D eigenvalue weighted by atomic mass is 10.0. The van der Waals surface area contributed by atoms with Crippen LogP contribution in [-0.2, 0) is 5.60 Å². The normalized spacial score (nSPS) is 23.5. The number of hydrogen-bond acceptors (Lipinski definition) is 3. The summed E-state index contributed by atoms with van der Waals surface area (Å²) in [5.41, 5.74) is -0.613. The molecule has 0 aliphatic heterocycles. The lowest BCUT2D eigenvalue weighted by Gasteiger charge is -2.23. The van der Waals surface area contributed by atoms with Crippen molar-refractivity contribution >= 4 is 5.96 Å². The maximum atomic E-state index is 10.4. The third kappa shape index (κ3) is 2.79. The van der Waals surface area contributed by atoms with Crippen molar-refractivity contribution in [1.29, 1.82) is 0 Å². The van der Waals surface area contributed by atoms with Crippen molar-refractivity contribution in [2.75, 3.05) is 13.6 Å². The van der Waals surface area contributed by atoms with E-state index in [1.807, 2.05) is 0 Å². The van der Waals surface area contributed by atoms with E-state index in [4.69, 9.17) is 4.42 Å². The molecule has 3 N–H and O–H groups in total. The van der Waals surface area contributed by atoms with E-state index in [1.165, 1.54) is 0 Å². The molecule has 1 aromatic rings. The van der Waals surface area contributed by atoms with E-state index in [9.17, 15) is 5.11 Å². The maximum absolute atomic E-state index is 10.4. The molecule has 5 nitrogen and oxygen atoms in total. The van der Waals surface area contributed by atoms with E-state index in [2.05, 4.69) is 43.3 Å². The van der Waals surface area contributed by atoms with Crippen molar-refractivity contribution in [1.82, 2.24) is 10.6 Å². The lowest BCUT2D eigenvalue weighted by Crippen LogP contribution is -2.46. The molecule has 21 heavy (non-hydrogen) atoms. The smallest absolute Gasteiger partial charge is 0.191 e. The molecule has 5 heteroatoms. The van der Waals surface area contributed by atoms with Crippen molar-refractivity contribution in [3.8, 4) is 0 Å². The van der Waals surface area contributed by atoms with Crippen molar-refractivity contribution in [2.45, 2.75) is 46.3 Å². The Bertz CT molecular complexity index is 502. The first-order valence-corrected chi connectivity index (χ1v) is 7.36. The van der Waals surface area contributed by atoms with E-state index in [0.29, 0.717) is 24.3 Å². The number of nitrogens with one attached hydrogen (secondary N) is 2. The van der Waals surface area contributed by atoms with E-state index in [-0.39, 0.29) is 10.8 Å². The zero-order valence-electron chi connectivity index (χ0n) is 13.8. The van der Waals surface area contributed by atoms with Gasteiger partial charge in [-0.05, 0) is 29.9 Å². The third-order valence-electron chi connectivity index (χ3n) is 5.18. The van der Waals surface area contributed by atoms with Crippen LogP contribution in [0.2, 0.25) is 0 Å². The molecule has 0 bridgehead atoms. The second-order valence-electron chi connectivity index (χ2n) is 7.20. The van der Waals surface area contributed by atoms with Gasteiger partial charge in [-0.1, -0.05) is 27.7 Å². The average Bonchev–Trinajstić information content (AvgIpc) is 2.85. The Hall–Kier alpha value is -1.49. The number of guanidine groups is 1. The zero-order chi connectivity index (χ0) is 15.9. The molecule has 0 aromatic carbocycles. The summed E-state index contributed by atoms with van der Waals surface area (Å²) in [4.78, 5) is 4.24. The highest BCUT2D eigenvalue weighted by molar-refractivity contribution is 5.80.